The lowest BCUT2D eigenvalue weighted by Crippen LogP contribution is -2.50. The molecule has 1 rings (SSSR count). The molecule has 1 aliphatic rings. The van der Waals surface area contributed by atoms with Crippen molar-refractivity contribution in [3.63, 3.8) is 0 Å². The van der Waals surface area contributed by atoms with Gasteiger partial charge in [0.1, 0.15) is 12.6 Å². The van der Waals surface area contributed by atoms with Gasteiger partial charge in [0.25, 0.3) is 12.4 Å². The number of hydrogen-bond acceptors (Lipinski definition) is 6. The molecule has 1 heterocycles. The van der Waals surface area contributed by atoms with Crippen LogP contribution < -0.4 is 10.6 Å². The molecule has 0 spiro atoms. The Balaban J connectivity index is 0.00000178. The lowest BCUT2D eigenvalue weighted by atomic mass is 10.0. The van der Waals surface area contributed by atoms with Gasteiger partial charge in [-0.1, -0.05) is 27.7 Å². The molecule has 0 aromatic rings. The molecule has 10 heteroatoms. The van der Waals surface area contributed by atoms with E-state index in [4.69, 9.17) is 14.1 Å². The van der Waals surface area contributed by atoms with Gasteiger partial charge in [0, 0.05) is 6.54 Å². The fourth-order valence-corrected chi connectivity index (χ4v) is 2.58. The molecule has 9 nitrogen and oxygen atoms in total. The second-order valence-electron chi connectivity index (χ2n) is 6.34. The van der Waals surface area contributed by atoms with Crippen LogP contribution in [0.2, 0.25) is 0 Å². The van der Waals surface area contributed by atoms with Crippen molar-refractivity contribution < 1.29 is 32.1 Å². The van der Waals surface area contributed by atoms with Crippen LogP contribution in [-0.4, -0.2) is 52.9 Å². The molecule has 3 N–H and O–H groups in total. The molecular weight excluding hydrogens is 352 g/mol. The SMILES string of the molecule is CC(C)CCNC(=O)C(CC(C)C)NC(=O)[C@@H]1COS(=O)O1.O=CO. The van der Waals surface area contributed by atoms with Crippen molar-refractivity contribution in [1.82, 2.24) is 10.6 Å². The molecule has 25 heavy (non-hydrogen) atoms. The normalized spacial score (nSPS) is 20.6. The number of rotatable bonds is 8. The topological polar surface area (TPSA) is 131 Å². The quantitative estimate of drug-likeness (QED) is 0.519. The first-order valence-electron chi connectivity index (χ1n) is 8.09. The Morgan fingerprint density at radius 3 is 2.32 bits per heavy atom. The first kappa shape index (κ1) is 23.5. The maximum atomic E-state index is 12.2. The summed E-state index contributed by atoms with van der Waals surface area (Å²) in [6.45, 7) is 8.37. The molecule has 0 aliphatic carbocycles. The summed E-state index contributed by atoms with van der Waals surface area (Å²) in [5, 5.41) is 12.4. The van der Waals surface area contributed by atoms with Gasteiger partial charge >= 0.3 is 11.4 Å². The van der Waals surface area contributed by atoms with E-state index in [0.29, 0.717) is 18.9 Å². The number of hydrogen-bond donors (Lipinski definition) is 3. The van der Waals surface area contributed by atoms with Crippen molar-refractivity contribution in [2.75, 3.05) is 13.2 Å². The fourth-order valence-electron chi connectivity index (χ4n) is 1.96. The van der Waals surface area contributed by atoms with E-state index in [1.807, 2.05) is 13.8 Å². The van der Waals surface area contributed by atoms with E-state index in [1.165, 1.54) is 0 Å². The minimum atomic E-state index is -1.88. The molecule has 3 atom stereocenters. The van der Waals surface area contributed by atoms with Crippen LogP contribution in [0.25, 0.3) is 0 Å². The lowest BCUT2D eigenvalue weighted by Gasteiger charge is -2.21. The summed E-state index contributed by atoms with van der Waals surface area (Å²) in [7, 11) is 0. The molecule has 0 saturated carbocycles. The number of carbonyl (C=O) groups excluding carboxylic acids is 2. The van der Waals surface area contributed by atoms with E-state index in [0.717, 1.165) is 6.42 Å². The first-order valence-corrected chi connectivity index (χ1v) is 9.09. The predicted octanol–water partition coefficient (Wildman–Crippen LogP) is 0.375. The van der Waals surface area contributed by atoms with Crippen molar-refractivity contribution in [3.8, 4) is 0 Å². The monoisotopic (exact) mass is 380 g/mol. The average Bonchev–Trinajstić information content (AvgIpc) is 2.93. The Morgan fingerprint density at radius 1 is 1.28 bits per heavy atom. The van der Waals surface area contributed by atoms with Gasteiger partial charge in [-0.05, 0) is 24.7 Å². The van der Waals surface area contributed by atoms with E-state index in [-0.39, 0.29) is 24.9 Å². The van der Waals surface area contributed by atoms with Crippen molar-refractivity contribution in [1.29, 1.82) is 0 Å². The summed E-state index contributed by atoms with van der Waals surface area (Å²) in [5.41, 5.74) is 0. The Bertz CT molecular complexity index is 457. The summed E-state index contributed by atoms with van der Waals surface area (Å²) in [6, 6.07) is -0.628. The largest absolute Gasteiger partial charge is 0.483 e. The molecular formula is C15H28N2O7S. The Hall–Kier alpha value is -1.52. The third-order valence-electron chi connectivity index (χ3n) is 3.16. The molecule has 2 unspecified atom stereocenters. The van der Waals surface area contributed by atoms with Gasteiger partial charge in [-0.15, -0.1) is 0 Å². The summed E-state index contributed by atoms with van der Waals surface area (Å²) < 4.78 is 20.5. The number of nitrogens with one attached hydrogen (secondary N) is 2. The van der Waals surface area contributed by atoms with E-state index < -0.39 is 29.4 Å². The highest BCUT2D eigenvalue weighted by atomic mass is 32.2. The van der Waals surface area contributed by atoms with Crippen LogP contribution in [0.1, 0.15) is 40.5 Å². The number of amides is 2. The molecule has 1 saturated heterocycles. The van der Waals surface area contributed by atoms with Gasteiger partial charge < -0.3 is 15.7 Å². The fraction of sp³-hybridized carbons (Fsp3) is 0.800. The highest BCUT2D eigenvalue weighted by molar-refractivity contribution is 7.75. The molecule has 2 amide bonds. The Kier molecular flexibility index (Phi) is 12.0. The molecule has 0 aromatic carbocycles. The van der Waals surface area contributed by atoms with Crippen LogP contribution in [0.3, 0.4) is 0 Å². The van der Waals surface area contributed by atoms with Crippen LogP contribution in [-0.2, 0) is 34.1 Å². The summed E-state index contributed by atoms with van der Waals surface area (Å²) in [5.74, 6) is 0.0618. The van der Waals surface area contributed by atoms with E-state index in [1.54, 1.807) is 0 Å². The summed E-state index contributed by atoms with van der Waals surface area (Å²) in [4.78, 5) is 32.6. The van der Waals surface area contributed by atoms with Gasteiger partial charge in [-0.25, -0.2) is 0 Å². The zero-order chi connectivity index (χ0) is 19.4. The van der Waals surface area contributed by atoms with Gasteiger partial charge in [0.05, 0.1) is 0 Å². The van der Waals surface area contributed by atoms with Crippen LogP contribution in [0.5, 0.6) is 0 Å². The molecule has 0 aromatic heterocycles. The second kappa shape index (κ2) is 12.8. The van der Waals surface area contributed by atoms with Gasteiger partial charge in [-0.2, -0.15) is 4.21 Å². The molecule has 146 valence electrons. The standard InChI is InChI=1S/C14H26N2O5S.CH2O2/c1-9(2)5-6-15-13(17)11(7-10(3)4)16-14(18)12-8-20-22(19)21-12;2-1-3/h9-12H,5-8H2,1-4H3,(H,15,17)(H,16,18);1H,(H,2,3)/t11?,12-,22?;/m0./s1. The van der Waals surface area contributed by atoms with E-state index in [9.17, 15) is 13.8 Å². The van der Waals surface area contributed by atoms with Gasteiger partial charge in [0.2, 0.25) is 5.91 Å². The van der Waals surface area contributed by atoms with Crippen LogP contribution in [0.15, 0.2) is 0 Å². The number of carboxylic acid groups (broad SMARTS) is 1. The zero-order valence-corrected chi connectivity index (χ0v) is 15.8. The third kappa shape index (κ3) is 10.8. The van der Waals surface area contributed by atoms with Crippen molar-refractivity contribution in [2.24, 2.45) is 11.8 Å². The number of carbonyl (C=O) groups is 3. The van der Waals surface area contributed by atoms with Crippen molar-refractivity contribution >= 4 is 29.6 Å². The minimum absolute atomic E-state index is 0.0676. The Labute approximate surface area is 150 Å². The Morgan fingerprint density at radius 2 is 1.88 bits per heavy atom. The molecule has 0 radical (unpaired) electrons. The summed E-state index contributed by atoms with van der Waals surface area (Å²) >= 11 is -1.88. The first-order chi connectivity index (χ1) is 11.7. The van der Waals surface area contributed by atoms with Crippen LogP contribution >= 0.6 is 0 Å². The average molecular weight is 380 g/mol. The van der Waals surface area contributed by atoms with E-state index in [2.05, 4.69) is 28.7 Å². The summed E-state index contributed by atoms with van der Waals surface area (Å²) in [6.07, 6.45) is 0.474. The maximum absolute atomic E-state index is 12.2. The van der Waals surface area contributed by atoms with Crippen molar-refractivity contribution in [3.05, 3.63) is 0 Å². The predicted molar refractivity (Wildman–Crippen MR) is 91.5 cm³/mol. The van der Waals surface area contributed by atoms with Crippen LogP contribution in [0.4, 0.5) is 0 Å². The molecule has 1 aliphatic heterocycles. The maximum Gasteiger partial charge on any atom is 0.305 e. The third-order valence-corrected chi connectivity index (χ3v) is 3.88. The van der Waals surface area contributed by atoms with Crippen molar-refractivity contribution in [2.45, 2.75) is 52.7 Å². The molecule has 1 fully saturated rings. The highest BCUT2D eigenvalue weighted by Crippen LogP contribution is 2.11. The highest BCUT2D eigenvalue weighted by Gasteiger charge is 2.33. The zero-order valence-electron chi connectivity index (χ0n) is 15.0. The van der Waals surface area contributed by atoms with Gasteiger partial charge in [0.15, 0.2) is 6.10 Å². The van der Waals surface area contributed by atoms with E-state index >= 15 is 0 Å². The van der Waals surface area contributed by atoms with Crippen LogP contribution in [0, 0.1) is 11.8 Å². The minimum Gasteiger partial charge on any atom is -0.483 e. The second-order valence-corrected chi connectivity index (χ2v) is 7.18. The smallest absolute Gasteiger partial charge is 0.305 e. The lowest BCUT2D eigenvalue weighted by molar-refractivity contribution is -0.132. The van der Waals surface area contributed by atoms with Gasteiger partial charge in [-0.3, -0.25) is 22.7 Å². The molecule has 0 bridgehead atoms.